The van der Waals surface area contributed by atoms with Crippen molar-refractivity contribution in [2.75, 3.05) is 13.6 Å². The van der Waals surface area contributed by atoms with Crippen molar-refractivity contribution in [2.45, 2.75) is 38.2 Å². The van der Waals surface area contributed by atoms with Gasteiger partial charge in [0.25, 0.3) is 5.91 Å². The third-order valence-corrected chi connectivity index (χ3v) is 4.50. The number of carbonyl (C=O) groups is 1. The minimum atomic E-state index is -0.711. The van der Waals surface area contributed by atoms with Crippen LogP contribution in [0.1, 0.15) is 41.6 Å². The Balaban J connectivity index is 1.69. The molecule has 1 aliphatic rings. The molecule has 1 saturated carbocycles. The molecule has 1 aromatic heterocycles. The number of carbonyl (C=O) groups excluding carboxylic acids is 1. The van der Waals surface area contributed by atoms with Crippen LogP contribution in [0.2, 0.25) is 0 Å². The summed E-state index contributed by atoms with van der Waals surface area (Å²) in [6.07, 6.45) is 7.38. The van der Waals surface area contributed by atoms with E-state index in [0.29, 0.717) is 12.1 Å². The third kappa shape index (κ3) is 3.45. The normalized spacial score (nSPS) is 16.5. The van der Waals surface area contributed by atoms with Gasteiger partial charge in [0.05, 0.1) is 17.5 Å². The van der Waals surface area contributed by atoms with Crippen molar-refractivity contribution in [3.8, 4) is 5.69 Å². The maximum Gasteiger partial charge on any atom is 0.253 e. The van der Waals surface area contributed by atoms with E-state index in [-0.39, 0.29) is 5.91 Å². The summed E-state index contributed by atoms with van der Waals surface area (Å²) >= 11 is 0. The first kappa shape index (κ1) is 15.7. The number of aryl methyl sites for hydroxylation is 1. The number of hydrogen-bond donors (Lipinski definition) is 1. The highest BCUT2D eigenvalue weighted by molar-refractivity contribution is 5.94. The first-order valence-corrected chi connectivity index (χ1v) is 8.06. The minimum absolute atomic E-state index is 0.0616. The monoisotopic (exact) mass is 313 g/mol. The number of benzene rings is 1. The summed E-state index contributed by atoms with van der Waals surface area (Å²) < 4.78 is 1.79. The van der Waals surface area contributed by atoms with Gasteiger partial charge in [-0.3, -0.25) is 4.79 Å². The van der Waals surface area contributed by atoms with Gasteiger partial charge in [0.2, 0.25) is 0 Å². The van der Waals surface area contributed by atoms with E-state index >= 15 is 0 Å². The Kier molecular flexibility index (Phi) is 4.22. The maximum absolute atomic E-state index is 12.5. The Hall–Kier alpha value is -2.14. The average Bonchev–Trinajstić information content (AvgIpc) is 3.15. The molecular weight excluding hydrogens is 290 g/mol. The molecule has 1 fully saturated rings. The Bertz CT molecular complexity index is 685. The largest absolute Gasteiger partial charge is 0.388 e. The summed E-state index contributed by atoms with van der Waals surface area (Å²) in [5.74, 6) is -0.0616. The Morgan fingerprint density at radius 2 is 1.96 bits per heavy atom. The van der Waals surface area contributed by atoms with Crippen LogP contribution in [0.5, 0.6) is 0 Å². The van der Waals surface area contributed by atoms with E-state index < -0.39 is 5.60 Å². The van der Waals surface area contributed by atoms with Crippen LogP contribution in [0.15, 0.2) is 36.7 Å². The van der Waals surface area contributed by atoms with Gasteiger partial charge in [0.1, 0.15) is 0 Å². The van der Waals surface area contributed by atoms with Crippen LogP contribution in [0, 0.1) is 6.92 Å². The molecule has 1 amide bonds. The number of amides is 1. The molecule has 0 spiro atoms. The fourth-order valence-corrected chi connectivity index (χ4v) is 3.24. The van der Waals surface area contributed by atoms with Crippen molar-refractivity contribution in [3.05, 3.63) is 47.8 Å². The van der Waals surface area contributed by atoms with Gasteiger partial charge in [0, 0.05) is 25.4 Å². The molecule has 0 saturated heterocycles. The summed E-state index contributed by atoms with van der Waals surface area (Å²) in [7, 11) is 1.75. The van der Waals surface area contributed by atoms with Crippen LogP contribution in [0.3, 0.4) is 0 Å². The topological polar surface area (TPSA) is 58.4 Å². The highest BCUT2D eigenvalue weighted by Gasteiger charge is 2.33. The predicted molar refractivity (Wildman–Crippen MR) is 88.7 cm³/mol. The van der Waals surface area contributed by atoms with Gasteiger partial charge in [-0.05, 0) is 49.6 Å². The fraction of sp³-hybridized carbons (Fsp3) is 0.444. The van der Waals surface area contributed by atoms with E-state index in [2.05, 4.69) is 5.10 Å². The summed E-state index contributed by atoms with van der Waals surface area (Å²) in [6.45, 7) is 2.38. The first-order valence-electron chi connectivity index (χ1n) is 8.06. The Morgan fingerprint density at radius 3 is 2.52 bits per heavy atom. The Morgan fingerprint density at radius 1 is 1.30 bits per heavy atom. The number of likely N-dealkylation sites (N-methyl/N-ethyl adjacent to an activating group) is 1. The summed E-state index contributed by atoms with van der Waals surface area (Å²) in [4.78, 5) is 14.1. The minimum Gasteiger partial charge on any atom is -0.388 e. The SMILES string of the molecule is Cc1cnn(-c2ccc(C(=O)N(C)CC3(O)CCCC3)cc2)c1. The van der Waals surface area contributed by atoms with Gasteiger partial charge < -0.3 is 10.0 Å². The van der Waals surface area contributed by atoms with Crippen molar-refractivity contribution in [1.82, 2.24) is 14.7 Å². The molecule has 1 aliphatic carbocycles. The molecule has 5 heteroatoms. The molecule has 0 radical (unpaired) electrons. The smallest absolute Gasteiger partial charge is 0.253 e. The molecule has 5 nitrogen and oxygen atoms in total. The van der Waals surface area contributed by atoms with Crippen LogP contribution in [-0.4, -0.2) is 44.9 Å². The van der Waals surface area contributed by atoms with E-state index in [1.165, 1.54) is 0 Å². The van der Waals surface area contributed by atoms with E-state index in [1.54, 1.807) is 22.8 Å². The van der Waals surface area contributed by atoms with Gasteiger partial charge in [-0.25, -0.2) is 4.68 Å². The number of rotatable bonds is 4. The van der Waals surface area contributed by atoms with E-state index in [9.17, 15) is 9.90 Å². The number of nitrogens with zero attached hydrogens (tertiary/aromatic N) is 3. The third-order valence-electron chi connectivity index (χ3n) is 4.50. The van der Waals surface area contributed by atoms with E-state index in [0.717, 1.165) is 36.9 Å². The van der Waals surface area contributed by atoms with Gasteiger partial charge in [-0.2, -0.15) is 5.10 Å². The zero-order valence-corrected chi connectivity index (χ0v) is 13.7. The number of aliphatic hydroxyl groups is 1. The maximum atomic E-state index is 12.5. The second-order valence-electron chi connectivity index (χ2n) is 6.60. The summed E-state index contributed by atoms with van der Waals surface area (Å²) in [5.41, 5.74) is 1.93. The molecule has 23 heavy (non-hydrogen) atoms. The molecule has 0 bridgehead atoms. The van der Waals surface area contributed by atoms with Gasteiger partial charge in [-0.1, -0.05) is 12.8 Å². The summed E-state index contributed by atoms with van der Waals surface area (Å²) in [5, 5.41) is 14.7. The van der Waals surface area contributed by atoms with E-state index in [1.807, 2.05) is 37.4 Å². The standard InChI is InChI=1S/C18H23N3O2/c1-14-11-19-21(12-14)16-7-5-15(6-8-16)17(22)20(2)13-18(23)9-3-4-10-18/h5-8,11-12,23H,3-4,9-10,13H2,1-2H3. The molecule has 1 aromatic carbocycles. The highest BCUT2D eigenvalue weighted by atomic mass is 16.3. The molecule has 1 N–H and O–H groups in total. The molecule has 0 aliphatic heterocycles. The van der Waals surface area contributed by atoms with Crippen LogP contribution in [0.4, 0.5) is 0 Å². The molecule has 1 heterocycles. The van der Waals surface area contributed by atoms with Crippen LogP contribution < -0.4 is 0 Å². The zero-order chi connectivity index (χ0) is 16.4. The van der Waals surface area contributed by atoms with E-state index in [4.69, 9.17) is 0 Å². The quantitative estimate of drug-likeness (QED) is 0.944. The van der Waals surface area contributed by atoms with Crippen LogP contribution >= 0.6 is 0 Å². The lowest BCUT2D eigenvalue weighted by Gasteiger charge is -2.28. The Labute approximate surface area is 136 Å². The van der Waals surface area contributed by atoms with Crippen molar-refractivity contribution in [1.29, 1.82) is 0 Å². The number of hydrogen-bond acceptors (Lipinski definition) is 3. The van der Waals surface area contributed by atoms with Crippen molar-refractivity contribution in [3.63, 3.8) is 0 Å². The molecule has 3 rings (SSSR count). The zero-order valence-electron chi connectivity index (χ0n) is 13.7. The highest BCUT2D eigenvalue weighted by Crippen LogP contribution is 2.30. The van der Waals surface area contributed by atoms with Crippen LogP contribution in [0.25, 0.3) is 5.69 Å². The molecule has 122 valence electrons. The predicted octanol–water partition coefficient (Wildman–Crippen LogP) is 2.56. The van der Waals surface area contributed by atoms with Crippen molar-refractivity contribution >= 4 is 5.91 Å². The van der Waals surface area contributed by atoms with Crippen molar-refractivity contribution < 1.29 is 9.90 Å². The number of aromatic nitrogens is 2. The molecule has 0 atom stereocenters. The molecule has 2 aromatic rings. The lowest BCUT2D eigenvalue weighted by Crippen LogP contribution is -2.42. The molecular formula is C18H23N3O2. The van der Waals surface area contributed by atoms with Gasteiger partial charge >= 0.3 is 0 Å². The fourth-order valence-electron chi connectivity index (χ4n) is 3.24. The second kappa shape index (κ2) is 6.16. The lowest BCUT2D eigenvalue weighted by molar-refractivity contribution is 0.0157. The van der Waals surface area contributed by atoms with Crippen molar-refractivity contribution in [2.24, 2.45) is 0 Å². The average molecular weight is 313 g/mol. The second-order valence-corrected chi connectivity index (χ2v) is 6.60. The van der Waals surface area contributed by atoms with Crippen LogP contribution in [-0.2, 0) is 0 Å². The molecule has 0 unspecified atom stereocenters. The van der Waals surface area contributed by atoms with Gasteiger partial charge in [0.15, 0.2) is 0 Å². The van der Waals surface area contributed by atoms with Gasteiger partial charge in [-0.15, -0.1) is 0 Å². The summed E-state index contributed by atoms with van der Waals surface area (Å²) in [6, 6.07) is 7.39. The first-order chi connectivity index (χ1) is 11.0. The lowest BCUT2D eigenvalue weighted by atomic mass is 10.0.